The van der Waals surface area contributed by atoms with Gasteiger partial charge in [-0.05, 0) is 37.5 Å². The summed E-state index contributed by atoms with van der Waals surface area (Å²) in [6, 6.07) is 4.32. The molecule has 0 unspecified atom stereocenters. The van der Waals surface area contributed by atoms with E-state index in [0.29, 0.717) is 12.8 Å². The minimum Gasteiger partial charge on any atom is -0.481 e. The number of nitrogens with one attached hydrogen (secondary N) is 1. The summed E-state index contributed by atoms with van der Waals surface area (Å²) in [7, 11) is 0. The van der Waals surface area contributed by atoms with Gasteiger partial charge in [0.1, 0.15) is 5.82 Å². The van der Waals surface area contributed by atoms with Crippen molar-refractivity contribution in [3.8, 4) is 0 Å². The van der Waals surface area contributed by atoms with Crippen molar-refractivity contribution in [2.45, 2.75) is 33.6 Å². The van der Waals surface area contributed by atoms with Gasteiger partial charge in [0.05, 0.1) is 11.0 Å². The number of aryl methyl sites for hydroxylation is 1. The predicted molar refractivity (Wildman–Crippen MR) is 74.1 cm³/mol. The Balaban J connectivity index is 2.83. The van der Waals surface area contributed by atoms with Crippen LogP contribution in [0.25, 0.3) is 0 Å². The first kappa shape index (κ1) is 16.1. The SMILES string of the molecule is CCC(CC)(CNC(=O)c1ccc(C)cc1F)C(=O)O. The largest absolute Gasteiger partial charge is 0.481 e. The van der Waals surface area contributed by atoms with Crippen LogP contribution in [0.4, 0.5) is 4.39 Å². The molecule has 0 aliphatic heterocycles. The fourth-order valence-corrected chi connectivity index (χ4v) is 2.03. The van der Waals surface area contributed by atoms with Crippen LogP contribution >= 0.6 is 0 Å². The van der Waals surface area contributed by atoms with E-state index in [2.05, 4.69) is 5.32 Å². The zero-order valence-electron chi connectivity index (χ0n) is 12.0. The summed E-state index contributed by atoms with van der Waals surface area (Å²) in [6.45, 7) is 5.24. The van der Waals surface area contributed by atoms with Crippen molar-refractivity contribution in [2.75, 3.05) is 6.54 Å². The summed E-state index contributed by atoms with van der Waals surface area (Å²) in [6.07, 6.45) is 0.797. The highest BCUT2D eigenvalue weighted by Gasteiger charge is 2.35. The van der Waals surface area contributed by atoms with Crippen molar-refractivity contribution in [3.05, 3.63) is 35.1 Å². The second-order valence-electron chi connectivity index (χ2n) is 4.96. The van der Waals surface area contributed by atoms with Crippen molar-refractivity contribution in [1.29, 1.82) is 0 Å². The van der Waals surface area contributed by atoms with Crippen LogP contribution in [-0.4, -0.2) is 23.5 Å². The van der Waals surface area contributed by atoms with Gasteiger partial charge in [0.25, 0.3) is 5.91 Å². The molecule has 4 nitrogen and oxygen atoms in total. The van der Waals surface area contributed by atoms with E-state index in [-0.39, 0.29) is 12.1 Å². The summed E-state index contributed by atoms with van der Waals surface area (Å²) in [5, 5.41) is 11.8. The van der Waals surface area contributed by atoms with Crippen LogP contribution in [0.1, 0.15) is 42.6 Å². The Bertz CT molecular complexity index is 510. The minimum atomic E-state index is -1.00. The van der Waals surface area contributed by atoms with Gasteiger partial charge in [0.15, 0.2) is 0 Å². The molecule has 110 valence electrons. The molecule has 0 fully saturated rings. The number of carbonyl (C=O) groups excluding carboxylic acids is 1. The quantitative estimate of drug-likeness (QED) is 0.842. The number of aliphatic carboxylic acids is 1. The monoisotopic (exact) mass is 281 g/mol. The number of benzene rings is 1. The standard InChI is InChI=1S/C15H20FNO3/c1-4-15(5-2,14(19)20)9-17-13(18)11-7-6-10(3)8-12(11)16/h6-8H,4-5,9H2,1-3H3,(H,17,18)(H,19,20). The fraction of sp³-hybridized carbons (Fsp3) is 0.467. The van der Waals surface area contributed by atoms with Crippen molar-refractivity contribution >= 4 is 11.9 Å². The molecule has 2 N–H and O–H groups in total. The lowest BCUT2D eigenvalue weighted by Crippen LogP contribution is -2.42. The van der Waals surface area contributed by atoms with Crippen LogP contribution in [0.3, 0.4) is 0 Å². The van der Waals surface area contributed by atoms with Gasteiger partial charge in [0, 0.05) is 6.54 Å². The van der Waals surface area contributed by atoms with Crippen molar-refractivity contribution < 1.29 is 19.1 Å². The number of carboxylic acids is 1. The van der Waals surface area contributed by atoms with E-state index >= 15 is 0 Å². The number of hydrogen-bond donors (Lipinski definition) is 2. The van der Waals surface area contributed by atoms with Gasteiger partial charge < -0.3 is 10.4 Å². The average molecular weight is 281 g/mol. The molecule has 0 radical (unpaired) electrons. The molecule has 0 aromatic heterocycles. The lowest BCUT2D eigenvalue weighted by atomic mass is 9.82. The van der Waals surface area contributed by atoms with E-state index in [9.17, 15) is 19.1 Å². The molecule has 0 aliphatic carbocycles. The normalized spacial score (nSPS) is 11.2. The Labute approximate surface area is 118 Å². The predicted octanol–water partition coefficient (Wildman–Crippen LogP) is 2.75. The maximum absolute atomic E-state index is 13.7. The molecule has 0 saturated carbocycles. The molecule has 1 aromatic rings. The lowest BCUT2D eigenvalue weighted by molar-refractivity contribution is -0.149. The average Bonchev–Trinajstić information content (AvgIpc) is 2.39. The number of hydrogen-bond acceptors (Lipinski definition) is 2. The Morgan fingerprint density at radius 1 is 1.30 bits per heavy atom. The number of halogens is 1. The van der Waals surface area contributed by atoms with Crippen LogP contribution in [-0.2, 0) is 4.79 Å². The third-order valence-electron chi connectivity index (χ3n) is 3.76. The molecule has 0 aliphatic rings. The van der Waals surface area contributed by atoms with E-state index < -0.39 is 23.1 Å². The summed E-state index contributed by atoms with van der Waals surface area (Å²) >= 11 is 0. The smallest absolute Gasteiger partial charge is 0.311 e. The number of rotatable bonds is 6. The van der Waals surface area contributed by atoms with Gasteiger partial charge in [-0.1, -0.05) is 19.9 Å². The van der Waals surface area contributed by atoms with Gasteiger partial charge in [-0.3, -0.25) is 9.59 Å². The summed E-state index contributed by atoms with van der Waals surface area (Å²) in [5.41, 5.74) is -0.347. The first-order chi connectivity index (χ1) is 9.36. The van der Waals surface area contributed by atoms with Gasteiger partial charge in [-0.2, -0.15) is 0 Å². The number of carbonyl (C=O) groups is 2. The molecular formula is C15H20FNO3. The number of carboxylic acid groups (broad SMARTS) is 1. The Morgan fingerprint density at radius 3 is 2.35 bits per heavy atom. The molecular weight excluding hydrogens is 261 g/mol. The van der Waals surface area contributed by atoms with Gasteiger partial charge in [-0.25, -0.2) is 4.39 Å². The van der Waals surface area contributed by atoms with E-state index in [1.807, 2.05) is 0 Å². The minimum absolute atomic E-state index is 0.0124. The van der Waals surface area contributed by atoms with Crippen molar-refractivity contribution in [2.24, 2.45) is 5.41 Å². The molecule has 0 bridgehead atoms. The summed E-state index contributed by atoms with van der Waals surface area (Å²) < 4.78 is 13.7. The zero-order valence-corrected chi connectivity index (χ0v) is 12.0. The Kier molecular flexibility index (Phi) is 5.25. The second-order valence-corrected chi connectivity index (χ2v) is 4.96. The second kappa shape index (κ2) is 6.50. The first-order valence-electron chi connectivity index (χ1n) is 6.64. The third-order valence-corrected chi connectivity index (χ3v) is 3.76. The molecule has 5 heteroatoms. The Morgan fingerprint density at radius 2 is 1.90 bits per heavy atom. The van der Waals surface area contributed by atoms with Gasteiger partial charge in [0.2, 0.25) is 0 Å². The maximum atomic E-state index is 13.7. The molecule has 20 heavy (non-hydrogen) atoms. The maximum Gasteiger partial charge on any atom is 0.311 e. The highest BCUT2D eigenvalue weighted by atomic mass is 19.1. The molecule has 0 atom stereocenters. The van der Waals surface area contributed by atoms with Crippen molar-refractivity contribution in [3.63, 3.8) is 0 Å². The molecule has 1 amide bonds. The summed E-state index contributed by atoms with van der Waals surface area (Å²) in [5.74, 6) is -2.14. The lowest BCUT2D eigenvalue weighted by Gasteiger charge is -2.26. The molecule has 1 rings (SSSR count). The molecule has 1 aromatic carbocycles. The third kappa shape index (κ3) is 3.35. The van der Waals surface area contributed by atoms with Crippen molar-refractivity contribution in [1.82, 2.24) is 5.32 Å². The van der Waals surface area contributed by atoms with Crippen LogP contribution in [0.15, 0.2) is 18.2 Å². The van der Waals surface area contributed by atoms with Crippen LogP contribution < -0.4 is 5.32 Å². The Hall–Kier alpha value is -1.91. The topological polar surface area (TPSA) is 66.4 Å². The van der Waals surface area contributed by atoms with Crippen LogP contribution in [0.2, 0.25) is 0 Å². The van der Waals surface area contributed by atoms with Gasteiger partial charge >= 0.3 is 5.97 Å². The zero-order chi connectivity index (χ0) is 15.3. The fourth-order valence-electron chi connectivity index (χ4n) is 2.03. The van der Waals surface area contributed by atoms with Crippen LogP contribution in [0.5, 0.6) is 0 Å². The van der Waals surface area contributed by atoms with E-state index in [0.717, 1.165) is 5.56 Å². The van der Waals surface area contributed by atoms with E-state index in [4.69, 9.17) is 0 Å². The van der Waals surface area contributed by atoms with Crippen LogP contribution in [0, 0.1) is 18.2 Å². The highest BCUT2D eigenvalue weighted by molar-refractivity contribution is 5.94. The molecule has 0 saturated heterocycles. The van der Waals surface area contributed by atoms with E-state index in [1.165, 1.54) is 12.1 Å². The number of amides is 1. The highest BCUT2D eigenvalue weighted by Crippen LogP contribution is 2.25. The van der Waals surface area contributed by atoms with E-state index in [1.54, 1.807) is 26.8 Å². The molecule has 0 heterocycles. The molecule has 0 spiro atoms. The summed E-state index contributed by atoms with van der Waals surface area (Å²) in [4.78, 5) is 23.3. The van der Waals surface area contributed by atoms with Gasteiger partial charge in [-0.15, -0.1) is 0 Å². The first-order valence-corrected chi connectivity index (χ1v) is 6.64.